The topological polar surface area (TPSA) is 118 Å². The van der Waals surface area contributed by atoms with Gasteiger partial charge in [-0.2, -0.15) is 5.26 Å². The molecule has 1 amide bonds. The molecule has 3 rings (SSSR count). The molecule has 8 nitrogen and oxygen atoms in total. The Labute approximate surface area is 163 Å². The highest BCUT2D eigenvalue weighted by molar-refractivity contribution is 7.89. The molecule has 0 saturated heterocycles. The molecule has 0 aromatic heterocycles. The zero-order valence-electron chi connectivity index (χ0n) is 15.0. The molecule has 1 aliphatic rings. The quantitative estimate of drug-likeness (QED) is 0.680. The van der Waals surface area contributed by atoms with Crippen molar-refractivity contribution in [3.8, 4) is 17.6 Å². The number of hydrogen-bond donors (Lipinski definition) is 2. The number of amides is 1. The fourth-order valence-electron chi connectivity index (χ4n) is 2.59. The van der Waals surface area contributed by atoms with E-state index in [2.05, 4.69) is 10.0 Å². The van der Waals surface area contributed by atoms with Crippen molar-refractivity contribution < 1.29 is 22.7 Å². The number of carbonyl (C=O) groups excluding carboxylic acids is 1. The maximum Gasteiger partial charge on any atom is 0.251 e. The van der Waals surface area contributed by atoms with Crippen molar-refractivity contribution in [1.82, 2.24) is 10.0 Å². The van der Waals surface area contributed by atoms with Gasteiger partial charge in [-0.1, -0.05) is 6.07 Å². The molecule has 9 heteroatoms. The smallest absolute Gasteiger partial charge is 0.251 e. The van der Waals surface area contributed by atoms with E-state index < -0.39 is 10.0 Å². The first-order valence-electron chi connectivity index (χ1n) is 8.63. The Bertz CT molecular complexity index is 997. The molecule has 28 heavy (non-hydrogen) atoms. The molecule has 0 saturated carbocycles. The monoisotopic (exact) mass is 401 g/mol. The van der Waals surface area contributed by atoms with Crippen molar-refractivity contribution in [2.45, 2.75) is 17.9 Å². The van der Waals surface area contributed by atoms with Crippen LogP contribution in [0.4, 0.5) is 0 Å². The van der Waals surface area contributed by atoms with Crippen LogP contribution in [0.3, 0.4) is 0 Å². The zero-order chi connectivity index (χ0) is 20.0. The van der Waals surface area contributed by atoms with Crippen molar-refractivity contribution in [1.29, 1.82) is 5.26 Å². The number of rotatable bonds is 7. The van der Waals surface area contributed by atoms with Crippen molar-refractivity contribution in [2.75, 3.05) is 19.8 Å². The SMILES string of the molecule is N#CCCNS(=O)(=O)c1ccc(C(=O)NCc2ccc3c(c2)OCCO3)cc1. The van der Waals surface area contributed by atoms with E-state index in [1.807, 2.05) is 18.2 Å². The van der Waals surface area contributed by atoms with Crippen LogP contribution in [0.2, 0.25) is 0 Å². The van der Waals surface area contributed by atoms with Crippen LogP contribution in [-0.2, 0) is 16.6 Å². The number of ether oxygens (including phenoxy) is 2. The van der Waals surface area contributed by atoms with Gasteiger partial charge in [0.2, 0.25) is 10.0 Å². The van der Waals surface area contributed by atoms with Crippen molar-refractivity contribution in [2.24, 2.45) is 0 Å². The van der Waals surface area contributed by atoms with Crippen LogP contribution in [0, 0.1) is 11.3 Å². The maximum atomic E-state index is 12.3. The van der Waals surface area contributed by atoms with Gasteiger partial charge in [0, 0.05) is 25.1 Å². The number of fused-ring (bicyclic) bond motifs is 1. The molecular formula is C19H19N3O5S. The number of hydrogen-bond acceptors (Lipinski definition) is 6. The first-order valence-corrected chi connectivity index (χ1v) is 10.1. The van der Waals surface area contributed by atoms with Gasteiger partial charge >= 0.3 is 0 Å². The first-order chi connectivity index (χ1) is 13.5. The average Bonchev–Trinajstić information content (AvgIpc) is 2.72. The molecular weight excluding hydrogens is 382 g/mol. The molecule has 2 aromatic carbocycles. The van der Waals surface area contributed by atoms with Gasteiger partial charge in [0.25, 0.3) is 5.91 Å². The molecule has 2 aromatic rings. The molecule has 2 N–H and O–H groups in total. The average molecular weight is 401 g/mol. The van der Waals surface area contributed by atoms with E-state index in [-0.39, 0.29) is 23.8 Å². The molecule has 0 radical (unpaired) electrons. The van der Waals surface area contributed by atoms with Crippen molar-refractivity contribution in [3.05, 3.63) is 53.6 Å². The standard InChI is InChI=1S/C19H19N3O5S/c20-8-1-9-22-28(24,25)16-5-3-15(4-6-16)19(23)21-13-14-2-7-17-18(12-14)27-11-10-26-17/h2-7,12,22H,1,9-11,13H2,(H,21,23). The molecule has 1 heterocycles. The summed E-state index contributed by atoms with van der Waals surface area (Å²) < 4.78 is 37.4. The Balaban J connectivity index is 1.60. The Morgan fingerprint density at radius 2 is 1.79 bits per heavy atom. The van der Waals surface area contributed by atoms with Crippen LogP contribution >= 0.6 is 0 Å². The summed E-state index contributed by atoms with van der Waals surface area (Å²) >= 11 is 0. The lowest BCUT2D eigenvalue weighted by molar-refractivity contribution is 0.0950. The fourth-order valence-corrected chi connectivity index (χ4v) is 3.62. The van der Waals surface area contributed by atoms with Gasteiger partial charge in [-0.05, 0) is 42.0 Å². The van der Waals surface area contributed by atoms with Gasteiger partial charge in [-0.25, -0.2) is 13.1 Å². The summed E-state index contributed by atoms with van der Waals surface area (Å²) in [6.07, 6.45) is 0.0829. The van der Waals surface area contributed by atoms with E-state index in [0.29, 0.717) is 36.8 Å². The normalized spacial score (nSPS) is 12.8. The fraction of sp³-hybridized carbons (Fsp3) is 0.263. The predicted octanol–water partition coefficient (Wildman–Crippen LogP) is 1.58. The summed E-state index contributed by atoms with van der Waals surface area (Å²) in [5.41, 5.74) is 1.20. The van der Waals surface area contributed by atoms with E-state index in [9.17, 15) is 13.2 Å². The highest BCUT2D eigenvalue weighted by atomic mass is 32.2. The molecule has 0 fully saturated rings. The van der Waals surface area contributed by atoms with Crippen LogP contribution in [-0.4, -0.2) is 34.1 Å². The number of nitriles is 1. The Morgan fingerprint density at radius 3 is 2.50 bits per heavy atom. The van der Waals surface area contributed by atoms with E-state index >= 15 is 0 Å². The van der Waals surface area contributed by atoms with E-state index in [4.69, 9.17) is 14.7 Å². The van der Waals surface area contributed by atoms with Crippen LogP contribution in [0.15, 0.2) is 47.4 Å². The Kier molecular flexibility index (Phi) is 6.13. The van der Waals surface area contributed by atoms with Gasteiger partial charge in [0.05, 0.1) is 11.0 Å². The third-order valence-electron chi connectivity index (χ3n) is 4.02. The van der Waals surface area contributed by atoms with Gasteiger partial charge in [0.15, 0.2) is 11.5 Å². The minimum Gasteiger partial charge on any atom is -0.486 e. The Hall–Kier alpha value is -3.09. The number of nitrogens with zero attached hydrogens (tertiary/aromatic N) is 1. The first kappa shape index (κ1) is 19.7. The summed E-state index contributed by atoms with van der Waals surface area (Å²) in [7, 11) is -3.70. The van der Waals surface area contributed by atoms with Gasteiger partial charge in [-0.3, -0.25) is 4.79 Å². The predicted molar refractivity (Wildman–Crippen MR) is 100 cm³/mol. The second kappa shape index (κ2) is 8.73. The van der Waals surface area contributed by atoms with Crippen LogP contribution in [0.1, 0.15) is 22.3 Å². The minimum atomic E-state index is -3.70. The summed E-state index contributed by atoms with van der Waals surface area (Å²) in [6, 6.07) is 12.9. The van der Waals surface area contributed by atoms with E-state index in [1.54, 1.807) is 6.07 Å². The highest BCUT2D eigenvalue weighted by Crippen LogP contribution is 2.30. The number of carbonyl (C=O) groups is 1. The number of benzene rings is 2. The van der Waals surface area contributed by atoms with Gasteiger partial charge in [0.1, 0.15) is 13.2 Å². The largest absolute Gasteiger partial charge is 0.486 e. The summed E-state index contributed by atoms with van der Waals surface area (Å²) in [6.45, 7) is 1.34. The van der Waals surface area contributed by atoms with Crippen LogP contribution < -0.4 is 19.5 Å². The molecule has 0 unspecified atom stereocenters. The minimum absolute atomic E-state index is 0.0359. The van der Waals surface area contributed by atoms with E-state index in [0.717, 1.165) is 5.56 Å². The van der Waals surface area contributed by atoms with Gasteiger partial charge < -0.3 is 14.8 Å². The summed E-state index contributed by atoms with van der Waals surface area (Å²) in [5.74, 6) is 1.01. The highest BCUT2D eigenvalue weighted by Gasteiger charge is 2.15. The van der Waals surface area contributed by atoms with Crippen LogP contribution in [0.5, 0.6) is 11.5 Å². The summed E-state index contributed by atoms with van der Waals surface area (Å²) in [4.78, 5) is 12.3. The second-order valence-electron chi connectivity index (χ2n) is 5.99. The summed E-state index contributed by atoms with van der Waals surface area (Å²) in [5, 5.41) is 11.3. The number of sulfonamides is 1. The molecule has 146 valence electrons. The molecule has 0 aliphatic carbocycles. The lowest BCUT2D eigenvalue weighted by atomic mass is 10.1. The van der Waals surface area contributed by atoms with Crippen molar-refractivity contribution >= 4 is 15.9 Å². The lowest BCUT2D eigenvalue weighted by Crippen LogP contribution is -2.25. The number of nitrogens with one attached hydrogen (secondary N) is 2. The second-order valence-corrected chi connectivity index (χ2v) is 7.76. The van der Waals surface area contributed by atoms with Gasteiger partial charge in [-0.15, -0.1) is 0 Å². The molecule has 1 aliphatic heterocycles. The lowest BCUT2D eigenvalue weighted by Gasteiger charge is -2.19. The third-order valence-corrected chi connectivity index (χ3v) is 5.49. The molecule has 0 bridgehead atoms. The molecule has 0 atom stereocenters. The zero-order valence-corrected chi connectivity index (χ0v) is 15.8. The van der Waals surface area contributed by atoms with E-state index in [1.165, 1.54) is 24.3 Å². The molecule has 0 spiro atoms. The maximum absolute atomic E-state index is 12.3. The Morgan fingerprint density at radius 1 is 1.07 bits per heavy atom. The van der Waals surface area contributed by atoms with Crippen LogP contribution in [0.25, 0.3) is 0 Å². The third kappa shape index (κ3) is 4.79. The van der Waals surface area contributed by atoms with Crippen molar-refractivity contribution in [3.63, 3.8) is 0 Å².